The number of nitrogens with zero attached hydrogens (tertiary/aromatic N) is 2. The predicted molar refractivity (Wildman–Crippen MR) is 115 cm³/mol. The van der Waals surface area contributed by atoms with E-state index in [1.54, 1.807) is 24.3 Å². The molecule has 1 N–H and O–H groups in total. The Morgan fingerprint density at radius 1 is 1.13 bits per heavy atom. The van der Waals surface area contributed by atoms with Gasteiger partial charge in [-0.3, -0.25) is 14.9 Å². The summed E-state index contributed by atoms with van der Waals surface area (Å²) in [6.07, 6.45) is 0.222. The largest absolute Gasteiger partial charge is 0.494 e. The van der Waals surface area contributed by atoms with Gasteiger partial charge in [-0.05, 0) is 42.3 Å². The van der Waals surface area contributed by atoms with Gasteiger partial charge < -0.3 is 9.47 Å². The molecule has 1 aliphatic rings. The first-order valence-corrected chi connectivity index (χ1v) is 11.8. The molecule has 0 aliphatic carbocycles. The number of carbonyl (C=O) groups is 1. The zero-order valence-electron chi connectivity index (χ0n) is 17.5. The van der Waals surface area contributed by atoms with Crippen LogP contribution in [0, 0.1) is 0 Å². The number of hydrogen-bond acceptors (Lipinski definition) is 7. The van der Waals surface area contributed by atoms with E-state index in [1.165, 1.54) is 12.1 Å². The molecule has 2 aromatic carbocycles. The summed E-state index contributed by atoms with van der Waals surface area (Å²) in [7, 11) is -3.77. The Morgan fingerprint density at radius 2 is 1.77 bits per heavy atom. The molecule has 1 heterocycles. The number of hydroxylamine groups is 2. The molecule has 3 rings (SSSR count). The van der Waals surface area contributed by atoms with Crippen molar-refractivity contribution in [2.75, 3.05) is 38.7 Å². The molecule has 1 fully saturated rings. The highest BCUT2D eigenvalue weighted by molar-refractivity contribution is 7.91. The molecule has 1 atom stereocenters. The standard InChI is InChI=1S/C22H28N2O6S/c1-2-30-20-7-9-21(10-8-20)31(27,28)16-22(24(26)17-25)19-5-3-18(4-6-19)15-23-11-13-29-14-12-23/h3-10,17,22,26H,2,11-16H2,1H3. The third-order valence-electron chi connectivity index (χ3n) is 5.17. The van der Waals surface area contributed by atoms with E-state index in [-0.39, 0.29) is 11.3 Å². The predicted octanol–water partition coefficient (Wildman–Crippen LogP) is 2.28. The van der Waals surface area contributed by atoms with E-state index in [4.69, 9.17) is 9.47 Å². The van der Waals surface area contributed by atoms with E-state index in [2.05, 4.69) is 4.90 Å². The molecule has 2 aromatic rings. The summed E-state index contributed by atoms with van der Waals surface area (Å²) in [4.78, 5) is 13.6. The number of sulfone groups is 1. The second-order valence-corrected chi connectivity index (χ2v) is 9.35. The Bertz CT molecular complexity index is 941. The van der Waals surface area contributed by atoms with E-state index in [0.717, 1.165) is 25.2 Å². The topological polar surface area (TPSA) is 96.4 Å². The summed E-state index contributed by atoms with van der Waals surface area (Å²) < 4.78 is 36.5. The molecule has 0 saturated carbocycles. The van der Waals surface area contributed by atoms with Gasteiger partial charge >= 0.3 is 0 Å². The lowest BCUT2D eigenvalue weighted by Crippen LogP contribution is -2.35. The average Bonchev–Trinajstić information content (AvgIpc) is 2.79. The third-order valence-corrected chi connectivity index (χ3v) is 6.92. The van der Waals surface area contributed by atoms with Crippen LogP contribution in [0.3, 0.4) is 0 Å². The summed E-state index contributed by atoms with van der Waals surface area (Å²) in [5.41, 5.74) is 1.60. The minimum atomic E-state index is -3.77. The molecule has 31 heavy (non-hydrogen) atoms. The third kappa shape index (κ3) is 6.27. The fraction of sp³-hybridized carbons (Fsp3) is 0.409. The van der Waals surface area contributed by atoms with E-state index in [0.29, 0.717) is 36.2 Å². The molecule has 0 spiro atoms. The van der Waals surface area contributed by atoms with Gasteiger partial charge in [0, 0.05) is 19.6 Å². The molecule has 8 nitrogen and oxygen atoms in total. The van der Waals surface area contributed by atoms with Crippen LogP contribution < -0.4 is 4.74 Å². The van der Waals surface area contributed by atoms with Crippen molar-refractivity contribution in [2.45, 2.75) is 24.4 Å². The Morgan fingerprint density at radius 3 is 2.35 bits per heavy atom. The van der Waals surface area contributed by atoms with Crippen LogP contribution in [-0.2, 0) is 25.9 Å². The minimum absolute atomic E-state index is 0.101. The first-order valence-electron chi connectivity index (χ1n) is 10.2. The van der Waals surface area contributed by atoms with Crippen molar-refractivity contribution in [1.82, 2.24) is 9.96 Å². The van der Waals surface area contributed by atoms with Crippen molar-refractivity contribution in [3.8, 4) is 5.75 Å². The maximum atomic E-state index is 12.9. The Balaban J connectivity index is 1.75. The molecule has 1 saturated heterocycles. The molecule has 1 aliphatic heterocycles. The number of rotatable bonds is 10. The van der Waals surface area contributed by atoms with Gasteiger partial charge in [0.2, 0.25) is 6.41 Å². The maximum absolute atomic E-state index is 12.9. The lowest BCUT2D eigenvalue weighted by atomic mass is 10.1. The van der Waals surface area contributed by atoms with Gasteiger partial charge in [-0.15, -0.1) is 0 Å². The van der Waals surface area contributed by atoms with Crippen molar-refractivity contribution in [2.24, 2.45) is 0 Å². The van der Waals surface area contributed by atoms with E-state index >= 15 is 0 Å². The summed E-state index contributed by atoms with van der Waals surface area (Å²) in [5, 5.41) is 10.5. The summed E-state index contributed by atoms with van der Waals surface area (Å²) in [6, 6.07) is 12.4. The Kier molecular flexibility index (Phi) is 8.03. The number of carbonyl (C=O) groups excluding carboxylic acids is 1. The van der Waals surface area contributed by atoms with Crippen LogP contribution >= 0.6 is 0 Å². The van der Waals surface area contributed by atoms with Gasteiger partial charge in [0.15, 0.2) is 9.84 Å². The van der Waals surface area contributed by atoms with Crippen LogP contribution in [0.2, 0.25) is 0 Å². The molecule has 168 valence electrons. The Labute approximate surface area is 182 Å². The maximum Gasteiger partial charge on any atom is 0.233 e. The number of morpholine rings is 1. The SMILES string of the molecule is CCOc1ccc(S(=O)(=O)CC(c2ccc(CN3CCOCC3)cc2)N(O)C=O)cc1. The first-order chi connectivity index (χ1) is 14.9. The molecule has 9 heteroatoms. The summed E-state index contributed by atoms with van der Waals surface area (Å²) in [5.74, 6) is 0.129. The highest BCUT2D eigenvalue weighted by atomic mass is 32.2. The fourth-order valence-corrected chi connectivity index (χ4v) is 4.98. The molecule has 0 bridgehead atoms. The number of hydrogen-bond donors (Lipinski definition) is 1. The fourth-order valence-electron chi connectivity index (χ4n) is 3.48. The highest BCUT2D eigenvalue weighted by Crippen LogP contribution is 2.26. The van der Waals surface area contributed by atoms with Crippen LogP contribution in [-0.4, -0.2) is 68.7 Å². The van der Waals surface area contributed by atoms with Crippen molar-refractivity contribution in [3.63, 3.8) is 0 Å². The van der Waals surface area contributed by atoms with Crippen LogP contribution in [0.4, 0.5) is 0 Å². The highest BCUT2D eigenvalue weighted by Gasteiger charge is 2.27. The molecule has 1 amide bonds. The van der Waals surface area contributed by atoms with E-state index < -0.39 is 21.6 Å². The quantitative estimate of drug-likeness (QED) is 0.338. The number of amides is 1. The van der Waals surface area contributed by atoms with Crippen molar-refractivity contribution in [1.29, 1.82) is 0 Å². The monoisotopic (exact) mass is 448 g/mol. The van der Waals surface area contributed by atoms with E-state index in [1.807, 2.05) is 19.1 Å². The second-order valence-electron chi connectivity index (χ2n) is 7.32. The molecule has 1 unspecified atom stereocenters. The van der Waals surface area contributed by atoms with Crippen LogP contribution in [0.25, 0.3) is 0 Å². The van der Waals surface area contributed by atoms with Gasteiger partial charge in [-0.25, -0.2) is 13.5 Å². The first kappa shape index (κ1) is 23.2. The number of ether oxygens (including phenoxy) is 2. The van der Waals surface area contributed by atoms with Gasteiger partial charge in [-0.2, -0.15) is 0 Å². The summed E-state index contributed by atoms with van der Waals surface area (Å²) in [6.45, 7) is 6.23. The Hall–Kier alpha value is -2.46. The molecular weight excluding hydrogens is 420 g/mol. The van der Waals surface area contributed by atoms with Crippen LogP contribution in [0.1, 0.15) is 24.1 Å². The van der Waals surface area contributed by atoms with Gasteiger partial charge in [0.1, 0.15) is 5.75 Å². The van der Waals surface area contributed by atoms with Crippen molar-refractivity contribution >= 4 is 16.2 Å². The van der Waals surface area contributed by atoms with Gasteiger partial charge in [-0.1, -0.05) is 24.3 Å². The number of benzene rings is 2. The van der Waals surface area contributed by atoms with Crippen LogP contribution in [0.5, 0.6) is 5.75 Å². The molecule has 0 aromatic heterocycles. The smallest absolute Gasteiger partial charge is 0.233 e. The lowest BCUT2D eigenvalue weighted by molar-refractivity contribution is -0.158. The zero-order valence-corrected chi connectivity index (χ0v) is 18.3. The summed E-state index contributed by atoms with van der Waals surface area (Å²) >= 11 is 0. The lowest BCUT2D eigenvalue weighted by Gasteiger charge is -2.27. The van der Waals surface area contributed by atoms with Gasteiger partial charge in [0.05, 0.1) is 36.5 Å². The minimum Gasteiger partial charge on any atom is -0.494 e. The second kappa shape index (κ2) is 10.7. The molecular formula is C22H28N2O6S. The van der Waals surface area contributed by atoms with Crippen LogP contribution in [0.15, 0.2) is 53.4 Å². The van der Waals surface area contributed by atoms with E-state index in [9.17, 15) is 18.4 Å². The van der Waals surface area contributed by atoms with Crippen molar-refractivity contribution < 1.29 is 27.9 Å². The normalized spacial score (nSPS) is 15.9. The molecule has 0 radical (unpaired) electrons. The average molecular weight is 449 g/mol. The van der Waals surface area contributed by atoms with Crippen molar-refractivity contribution in [3.05, 3.63) is 59.7 Å². The zero-order chi connectivity index (χ0) is 22.3. The van der Waals surface area contributed by atoms with Gasteiger partial charge in [0.25, 0.3) is 0 Å².